The van der Waals surface area contributed by atoms with Gasteiger partial charge >= 0.3 is 0 Å². The van der Waals surface area contributed by atoms with E-state index in [1.54, 1.807) is 0 Å². The van der Waals surface area contributed by atoms with E-state index in [2.05, 4.69) is 19.2 Å². The Bertz CT molecular complexity index is 191. The molecule has 1 rings (SSSR count). The molecule has 3 heteroatoms. The van der Waals surface area contributed by atoms with Crippen LogP contribution in [0.15, 0.2) is 0 Å². The number of aliphatic hydroxyl groups excluding tert-OH is 1. The van der Waals surface area contributed by atoms with Crippen LogP contribution in [0.5, 0.6) is 0 Å². The summed E-state index contributed by atoms with van der Waals surface area (Å²) >= 11 is 0. The van der Waals surface area contributed by atoms with Crippen molar-refractivity contribution in [3.05, 3.63) is 0 Å². The Hall–Kier alpha value is -0.120. The minimum absolute atomic E-state index is 0.356. The molecule has 108 valence electrons. The van der Waals surface area contributed by atoms with Crippen molar-refractivity contribution < 1.29 is 9.84 Å². The van der Waals surface area contributed by atoms with Crippen LogP contribution in [-0.4, -0.2) is 37.0 Å². The minimum Gasteiger partial charge on any atom is -0.389 e. The van der Waals surface area contributed by atoms with Crippen LogP contribution in [0.4, 0.5) is 0 Å². The van der Waals surface area contributed by atoms with Crippen LogP contribution < -0.4 is 5.32 Å². The number of hydrogen-bond donors (Lipinski definition) is 2. The van der Waals surface area contributed by atoms with Gasteiger partial charge in [0, 0.05) is 19.2 Å². The van der Waals surface area contributed by atoms with Gasteiger partial charge in [0.1, 0.15) is 0 Å². The summed E-state index contributed by atoms with van der Waals surface area (Å²) in [6.45, 7) is 6.37. The van der Waals surface area contributed by atoms with Gasteiger partial charge in [0.05, 0.1) is 12.7 Å². The lowest BCUT2D eigenvalue weighted by Gasteiger charge is -2.24. The van der Waals surface area contributed by atoms with Crippen molar-refractivity contribution in [3.8, 4) is 0 Å². The maximum Gasteiger partial charge on any atom is 0.0897 e. The Balaban J connectivity index is 1.91. The molecule has 2 N–H and O–H groups in total. The Kier molecular flexibility index (Phi) is 8.64. The van der Waals surface area contributed by atoms with Gasteiger partial charge in [-0.3, -0.25) is 0 Å². The average molecular weight is 257 g/mol. The fourth-order valence-corrected chi connectivity index (χ4v) is 2.48. The Morgan fingerprint density at radius 3 is 2.61 bits per heavy atom. The van der Waals surface area contributed by atoms with Crippen LogP contribution >= 0.6 is 0 Å². The lowest BCUT2D eigenvalue weighted by molar-refractivity contribution is 0.0328. The van der Waals surface area contributed by atoms with Crippen LogP contribution in [0, 0.1) is 5.92 Å². The van der Waals surface area contributed by atoms with Gasteiger partial charge in [0.15, 0.2) is 0 Å². The van der Waals surface area contributed by atoms with Crippen LogP contribution in [0.2, 0.25) is 0 Å². The van der Waals surface area contributed by atoms with E-state index in [4.69, 9.17) is 4.74 Å². The molecule has 0 spiro atoms. The standard InChI is InChI=1S/C15H31NO2/c1-13(2)7-6-10-18-12-15(17)11-16-14-8-4-3-5-9-14/h13-17H,3-12H2,1-2H3. The number of aliphatic hydroxyl groups is 1. The molecule has 0 aromatic rings. The Morgan fingerprint density at radius 2 is 1.94 bits per heavy atom. The summed E-state index contributed by atoms with van der Waals surface area (Å²) < 4.78 is 5.50. The third kappa shape index (κ3) is 8.06. The molecule has 0 aliphatic heterocycles. The molecule has 1 aliphatic rings. The molecule has 0 aromatic carbocycles. The van der Waals surface area contributed by atoms with E-state index in [1.807, 2.05) is 0 Å². The van der Waals surface area contributed by atoms with Crippen molar-refractivity contribution in [1.82, 2.24) is 5.32 Å². The van der Waals surface area contributed by atoms with E-state index in [-0.39, 0.29) is 6.10 Å². The molecule has 1 atom stereocenters. The van der Waals surface area contributed by atoms with Crippen molar-refractivity contribution >= 4 is 0 Å². The molecule has 0 bridgehead atoms. The van der Waals surface area contributed by atoms with Gasteiger partial charge < -0.3 is 15.2 Å². The smallest absolute Gasteiger partial charge is 0.0897 e. The van der Waals surface area contributed by atoms with Crippen molar-refractivity contribution in [2.75, 3.05) is 19.8 Å². The molecular weight excluding hydrogens is 226 g/mol. The molecule has 0 radical (unpaired) electrons. The molecule has 0 heterocycles. The largest absolute Gasteiger partial charge is 0.389 e. The van der Waals surface area contributed by atoms with Crippen molar-refractivity contribution in [2.45, 2.75) is 70.9 Å². The fourth-order valence-electron chi connectivity index (χ4n) is 2.48. The van der Waals surface area contributed by atoms with Crippen molar-refractivity contribution in [3.63, 3.8) is 0 Å². The monoisotopic (exact) mass is 257 g/mol. The molecule has 1 aliphatic carbocycles. The second-order valence-corrected chi connectivity index (χ2v) is 6.01. The van der Waals surface area contributed by atoms with Gasteiger partial charge in [-0.1, -0.05) is 33.1 Å². The van der Waals surface area contributed by atoms with E-state index in [1.165, 1.54) is 38.5 Å². The Labute approximate surface area is 112 Å². The summed E-state index contributed by atoms with van der Waals surface area (Å²) in [6, 6.07) is 0.620. The van der Waals surface area contributed by atoms with E-state index in [0.717, 1.165) is 18.9 Å². The maximum absolute atomic E-state index is 9.80. The highest BCUT2D eigenvalue weighted by atomic mass is 16.5. The predicted octanol–water partition coefficient (Wildman–Crippen LogP) is 2.72. The Morgan fingerprint density at radius 1 is 1.22 bits per heavy atom. The molecular formula is C15H31NO2. The molecule has 18 heavy (non-hydrogen) atoms. The third-order valence-electron chi connectivity index (χ3n) is 3.63. The summed E-state index contributed by atoms with van der Waals surface area (Å²) in [5.41, 5.74) is 0. The highest BCUT2D eigenvalue weighted by Gasteiger charge is 2.14. The maximum atomic E-state index is 9.80. The van der Waals surface area contributed by atoms with Gasteiger partial charge in [0.25, 0.3) is 0 Å². The van der Waals surface area contributed by atoms with Crippen LogP contribution in [0.25, 0.3) is 0 Å². The van der Waals surface area contributed by atoms with E-state index in [0.29, 0.717) is 19.2 Å². The molecule has 1 fully saturated rings. The molecule has 1 saturated carbocycles. The lowest BCUT2D eigenvalue weighted by atomic mass is 9.95. The summed E-state index contributed by atoms with van der Waals surface area (Å²) in [4.78, 5) is 0. The third-order valence-corrected chi connectivity index (χ3v) is 3.63. The van der Waals surface area contributed by atoms with Gasteiger partial charge in [-0.05, 0) is 31.6 Å². The number of hydrogen-bond acceptors (Lipinski definition) is 3. The highest BCUT2D eigenvalue weighted by Crippen LogP contribution is 2.17. The van der Waals surface area contributed by atoms with E-state index < -0.39 is 0 Å². The second-order valence-electron chi connectivity index (χ2n) is 6.01. The molecule has 0 saturated heterocycles. The minimum atomic E-state index is -0.356. The van der Waals surface area contributed by atoms with Gasteiger partial charge in [-0.25, -0.2) is 0 Å². The number of nitrogens with one attached hydrogen (secondary N) is 1. The van der Waals surface area contributed by atoms with E-state index >= 15 is 0 Å². The zero-order chi connectivity index (χ0) is 13.2. The van der Waals surface area contributed by atoms with E-state index in [9.17, 15) is 5.11 Å². The zero-order valence-electron chi connectivity index (χ0n) is 12.2. The lowest BCUT2D eigenvalue weighted by Crippen LogP contribution is -2.38. The second kappa shape index (κ2) is 9.76. The first-order valence-electron chi connectivity index (χ1n) is 7.67. The molecule has 0 aromatic heterocycles. The molecule has 0 amide bonds. The first kappa shape index (κ1) is 15.9. The predicted molar refractivity (Wildman–Crippen MR) is 75.8 cm³/mol. The van der Waals surface area contributed by atoms with Crippen molar-refractivity contribution in [1.29, 1.82) is 0 Å². The number of rotatable bonds is 9. The van der Waals surface area contributed by atoms with Gasteiger partial charge in [-0.15, -0.1) is 0 Å². The molecule has 1 unspecified atom stereocenters. The first-order valence-corrected chi connectivity index (χ1v) is 7.67. The quantitative estimate of drug-likeness (QED) is 0.624. The highest BCUT2D eigenvalue weighted by molar-refractivity contribution is 4.73. The summed E-state index contributed by atoms with van der Waals surface area (Å²) in [5.74, 6) is 0.742. The fraction of sp³-hybridized carbons (Fsp3) is 1.00. The summed E-state index contributed by atoms with van der Waals surface area (Å²) in [6.07, 6.45) is 8.52. The SMILES string of the molecule is CC(C)CCCOCC(O)CNC1CCCCC1. The van der Waals surface area contributed by atoms with Crippen LogP contribution in [0.1, 0.15) is 58.8 Å². The summed E-state index contributed by atoms with van der Waals surface area (Å²) in [5, 5.41) is 13.3. The van der Waals surface area contributed by atoms with Gasteiger partial charge in [-0.2, -0.15) is 0 Å². The van der Waals surface area contributed by atoms with Crippen LogP contribution in [-0.2, 0) is 4.74 Å². The zero-order valence-corrected chi connectivity index (χ0v) is 12.2. The van der Waals surface area contributed by atoms with Crippen LogP contribution in [0.3, 0.4) is 0 Å². The van der Waals surface area contributed by atoms with Crippen molar-refractivity contribution in [2.24, 2.45) is 5.92 Å². The van der Waals surface area contributed by atoms with Gasteiger partial charge in [0.2, 0.25) is 0 Å². The number of ether oxygens (including phenoxy) is 1. The normalized spacial score (nSPS) is 19.3. The summed E-state index contributed by atoms with van der Waals surface area (Å²) in [7, 11) is 0. The first-order chi connectivity index (χ1) is 8.68. The molecule has 3 nitrogen and oxygen atoms in total. The average Bonchev–Trinajstić information content (AvgIpc) is 2.37. The topological polar surface area (TPSA) is 41.5 Å².